The van der Waals surface area contributed by atoms with Crippen LogP contribution in [0.2, 0.25) is 0 Å². The van der Waals surface area contributed by atoms with Crippen molar-refractivity contribution < 1.29 is 0 Å². The van der Waals surface area contributed by atoms with Crippen molar-refractivity contribution in [1.29, 1.82) is 0 Å². The summed E-state index contributed by atoms with van der Waals surface area (Å²) >= 11 is 0. The van der Waals surface area contributed by atoms with E-state index in [1.807, 2.05) is 12.1 Å². The Morgan fingerprint density at radius 1 is 1.69 bits per heavy atom. The maximum atomic E-state index is 4.28. The molecule has 1 N–H and O–H groups in total. The van der Waals surface area contributed by atoms with Gasteiger partial charge in [-0.1, -0.05) is 0 Å². The minimum absolute atomic E-state index is 0.555. The van der Waals surface area contributed by atoms with E-state index in [0.29, 0.717) is 6.04 Å². The molecule has 1 fully saturated rings. The van der Waals surface area contributed by atoms with E-state index in [-0.39, 0.29) is 0 Å². The zero-order valence-electron chi connectivity index (χ0n) is 7.83. The summed E-state index contributed by atoms with van der Waals surface area (Å²) in [5.74, 6) is 1.06. The van der Waals surface area contributed by atoms with Gasteiger partial charge in [-0.2, -0.15) is 0 Å². The van der Waals surface area contributed by atoms with Gasteiger partial charge in [-0.25, -0.2) is 4.98 Å². The van der Waals surface area contributed by atoms with Crippen molar-refractivity contribution in [2.75, 3.05) is 24.5 Å². The van der Waals surface area contributed by atoms with Crippen LogP contribution >= 0.6 is 0 Å². The summed E-state index contributed by atoms with van der Waals surface area (Å²) in [4.78, 5) is 6.58. The summed E-state index contributed by atoms with van der Waals surface area (Å²) in [6, 6.07) is 7.41. The lowest BCUT2D eigenvalue weighted by Gasteiger charge is -2.32. The average molecular weight is 176 g/mol. The number of aromatic nitrogens is 1. The maximum absolute atomic E-state index is 4.28. The Kier molecular flexibility index (Phi) is 2.45. The number of piperazine rings is 1. The summed E-state index contributed by atoms with van der Waals surface area (Å²) in [5.41, 5.74) is 0. The fraction of sp³-hybridized carbons (Fsp3) is 0.500. The van der Waals surface area contributed by atoms with Crippen LogP contribution in [-0.4, -0.2) is 30.7 Å². The largest absolute Gasteiger partial charge is 0.354 e. The normalized spacial score (nSPS) is 23.2. The first-order valence-electron chi connectivity index (χ1n) is 4.67. The second-order valence-corrected chi connectivity index (χ2v) is 3.42. The molecule has 1 saturated heterocycles. The molecule has 0 aromatic carbocycles. The third kappa shape index (κ3) is 1.98. The van der Waals surface area contributed by atoms with Gasteiger partial charge < -0.3 is 10.2 Å². The molecule has 1 radical (unpaired) electrons. The molecule has 1 aromatic rings. The molecule has 0 amide bonds. The van der Waals surface area contributed by atoms with Gasteiger partial charge in [0.05, 0.1) is 0 Å². The lowest BCUT2D eigenvalue weighted by molar-refractivity contribution is 0.482. The van der Waals surface area contributed by atoms with Gasteiger partial charge in [-0.15, -0.1) is 0 Å². The fourth-order valence-corrected chi connectivity index (χ4v) is 1.64. The number of anilines is 1. The molecular formula is C10H14N3. The molecule has 0 aliphatic carbocycles. The Labute approximate surface area is 78.8 Å². The highest BCUT2D eigenvalue weighted by Gasteiger charge is 2.15. The third-order valence-electron chi connectivity index (χ3n) is 2.29. The van der Waals surface area contributed by atoms with Crippen LogP contribution in [0.25, 0.3) is 0 Å². The Balaban J connectivity index is 2.08. The smallest absolute Gasteiger partial charge is 0.128 e. The monoisotopic (exact) mass is 176 g/mol. The Bertz CT molecular complexity index is 260. The SMILES string of the molecule is C[C@H]1CN(c2cc[c]cn2)CCN1. The van der Waals surface area contributed by atoms with Crippen LogP contribution in [-0.2, 0) is 0 Å². The van der Waals surface area contributed by atoms with Gasteiger partial charge in [-0.3, -0.25) is 0 Å². The van der Waals surface area contributed by atoms with Gasteiger partial charge in [-0.05, 0) is 19.1 Å². The number of pyridine rings is 1. The number of rotatable bonds is 1. The summed E-state index contributed by atoms with van der Waals surface area (Å²) < 4.78 is 0. The zero-order chi connectivity index (χ0) is 9.10. The first kappa shape index (κ1) is 8.51. The fourth-order valence-electron chi connectivity index (χ4n) is 1.64. The van der Waals surface area contributed by atoms with E-state index in [1.54, 1.807) is 6.20 Å². The highest BCUT2D eigenvalue weighted by atomic mass is 15.2. The van der Waals surface area contributed by atoms with Crippen molar-refractivity contribution >= 4 is 5.82 Å². The Hall–Kier alpha value is -1.09. The van der Waals surface area contributed by atoms with Gasteiger partial charge in [0.1, 0.15) is 5.82 Å². The van der Waals surface area contributed by atoms with Crippen LogP contribution in [0.4, 0.5) is 5.82 Å². The number of nitrogens with zero attached hydrogens (tertiary/aromatic N) is 2. The quantitative estimate of drug-likeness (QED) is 0.682. The van der Waals surface area contributed by atoms with Gasteiger partial charge in [0.25, 0.3) is 0 Å². The highest BCUT2D eigenvalue weighted by molar-refractivity contribution is 5.38. The van der Waals surface area contributed by atoms with Crippen LogP contribution in [0.5, 0.6) is 0 Å². The van der Waals surface area contributed by atoms with E-state index in [1.165, 1.54) is 0 Å². The second-order valence-electron chi connectivity index (χ2n) is 3.42. The molecule has 3 heteroatoms. The first-order chi connectivity index (χ1) is 6.36. The minimum Gasteiger partial charge on any atom is -0.354 e. The lowest BCUT2D eigenvalue weighted by Crippen LogP contribution is -2.49. The van der Waals surface area contributed by atoms with E-state index in [9.17, 15) is 0 Å². The average Bonchev–Trinajstić information content (AvgIpc) is 2.19. The minimum atomic E-state index is 0.555. The number of hydrogen-bond acceptors (Lipinski definition) is 3. The topological polar surface area (TPSA) is 28.2 Å². The highest BCUT2D eigenvalue weighted by Crippen LogP contribution is 2.10. The summed E-state index contributed by atoms with van der Waals surface area (Å²) in [6.07, 6.45) is 1.72. The molecule has 0 unspecified atom stereocenters. The predicted octanol–water partition coefficient (Wildman–Crippen LogP) is 0.680. The van der Waals surface area contributed by atoms with Crippen molar-refractivity contribution in [3.8, 4) is 0 Å². The number of nitrogens with one attached hydrogen (secondary N) is 1. The van der Waals surface area contributed by atoms with E-state index < -0.39 is 0 Å². The summed E-state index contributed by atoms with van der Waals surface area (Å²) in [7, 11) is 0. The molecule has 0 spiro atoms. The molecule has 3 nitrogen and oxygen atoms in total. The van der Waals surface area contributed by atoms with Gasteiger partial charge in [0.15, 0.2) is 0 Å². The van der Waals surface area contributed by atoms with Crippen LogP contribution < -0.4 is 10.2 Å². The van der Waals surface area contributed by atoms with E-state index in [0.717, 1.165) is 25.5 Å². The van der Waals surface area contributed by atoms with Gasteiger partial charge >= 0.3 is 0 Å². The van der Waals surface area contributed by atoms with E-state index in [4.69, 9.17) is 0 Å². The molecular weight excluding hydrogens is 162 g/mol. The molecule has 2 heterocycles. The maximum Gasteiger partial charge on any atom is 0.128 e. The molecule has 1 aliphatic heterocycles. The van der Waals surface area contributed by atoms with Gasteiger partial charge in [0.2, 0.25) is 0 Å². The molecule has 2 rings (SSSR count). The van der Waals surface area contributed by atoms with Crippen molar-refractivity contribution in [2.24, 2.45) is 0 Å². The summed E-state index contributed by atoms with van der Waals surface area (Å²) in [5, 5.41) is 3.40. The first-order valence-corrected chi connectivity index (χ1v) is 4.67. The van der Waals surface area contributed by atoms with Gasteiger partial charge in [0, 0.05) is 37.9 Å². The molecule has 69 valence electrons. The van der Waals surface area contributed by atoms with Crippen molar-refractivity contribution in [1.82, 2.24) is 10.3 Å². The molecule has 1 aliphatic rings. The van der Waals surface area contributed by atoms with Crippen LogP contribution in [0.3, 0.4) is 0 Å². The Morgan fingerprint density at radius 3 is 3.31 bits per heavy atom. The third-order valence-corrected chi connectivity index (χ3v) is 2.29. The molecule has 1 aromatic heterocycles. The van der Waals surface area contributed by atoms with E-state index >= 15 is 0 Å². The standard InChI is InChI=1S/C10H14N3/c1-9-8-13(7-6-11-9)10-4-2-3-5-12-10/h2,4-5,9,11H,6-8H2,1H3/t9-/m0/s1. The Morgan fingerprint density at radius 2 is 2.62 bits per heavy atom. The second kappa shape index (κ2) is 3.75. The van der Waals surface area contributed by atoms with Crippen molar-refractivity contribution in [3.63, 3.8) is 0 Å². The van der Waals surface area contributed by atoms with E-state index in [2.05, 4.69) is 28.2 Å². The number of hydrogen-bond donors (Lipinski definition) is 1. The lowest BCUT2D eigenvalue weighted by atomic mass is 10.2. The van der Waals surface area contributed by atoms with Crippen LogP contribution in [0, 0.1) is 6.07 Å². The zero-order valence-corrected chi connectivity index (χ0v) is 7.83. The van der Waals surface area contributed by atoms with Crippen molar-refractivity contribution in [3.05, 3.63) is 24.4 Å². The molecule has 0 bridgehead atoms. The van der Waals surface area contributed by atoms with Crippen molar-refractivity contribution in [2.45, 2.75) is 13.0 Å². The summed E-state index contributed by atoms with van der Waals surface area (Å²) in [6.45, 7) is 5.32. The predicted molar refractivity (Wildman–Crippen MR) is 52.8 cm³/mol. The van der Waals surface area contributed by atoms with Crippen LogP contribution in [0.1, 0.15) is 6.92 Å². The van der Waals surface area contributed by atoms with Crippen LogP contribution in [0.15, 0.2) is 18.3 Å². The molecule has 0 saturated carbocycles. The molecule has 1 atom stereocenters. The molecule has 13 heavy (non-hydrogen) atoms.